The number of benzene rings is 2. The zero-order valence-electron chi connectivity index (χ0n) is 20.4. The zero-order valence-corrected chi connectivity index (χ0v) is 20.4. The second-order valence-corrected chi connectivity index (χ2v) is 9.48. The molecule has 0 radical (unpaired) electrons. The van der Waals surface area contributed by atoms with Crippen molar-refractivity contribution in [1.29, 1.82) is 0 Å². The van der Waals surface area contributed by atoms with Crippen molar-refractivity contribution in [1.82, 2.24) is 14.5 Å². The maximum absolute atomic E-state index is 14.3. The molecule has 2 fully saturated rings. The smallest absolute Gasteiger partial charge is 0.194 e. The number of hydrogen-bond acceptors (Lipinski definition) is 6. The molecule has 2 saturated heterocycles. The van der Waals surface area contributed by atoms with Crippen LogP contribution in [-0.4, -0.2) is 53.3 Å². The Kier molecular flexibility index (Phi) is 5.71. The fraction of sp³-hybridized carbons (Fsp3) is 0.333. The van der Waals surface area contributed by atoms with Crippen molar-refractivity contribution < 1.29 is 27.5 Å². The number of aromatic nitrogens is 2. The van der Waals surface area contributed by atoms with Crippen LogP contribution in [0.3, 0.4) is 0 Å². The van der Waals surface area contributed by atoms with Crippen LogP contribution in [0.15, 0.2) is 53.6 Å². The fourth-order valence-electron chi connectivity index (χ4n) is 5.47. The van der Waals surface area contributed by atoms with E-state index in [0.717, 1.165) is 47.5 Å². The van der Waals surface area contributed by atoms with Gasteiger partial charge in [-0.25, -0.2) is 18.2 Å². The number of amidine groups is 1. The van der Waals surface area contributed by atoms with Crippen molar-refractivity contribution in [2.24, 2.45) is 5.16 Å². The van der Waals surface area contributed by atoms with Crippen LogP contribution in [0, 0.1) is 24.4 Å². The van der Waals surface area contributed by atoms with Gasteiger partial charge in [0.05, 0.1) is 38.0 Å². The van der Waals surface area contributed by atoms with Crippen LogP contribution in [0.2, 0.25) is 0 Å². The van der Waals surface area contributed by atoms with E-state index >= 15 is 0 Å². The lowest BCUT2D eigenvalue weighted by molar-refractivity contribution is -0.0501. The number of nitrogens with zero attached hydrogens (tertiary/aromatic N) is 4. The summed E-state index contributed by atoms with van der Waals surface area (Å²) in [6.07, 6.45) is 6.60. The second kappa shape index (κ2) is 8.95. The van der Waals surface area contributed by atoms with Gasteiger partial charge in [-0.15, -0.1) is 0 Å². The summed E-state index contributed by atoms with van der Waals surface area (Å²) in [4.78, 5) is 12.1. The fourth-order valence-corrected chi connectivity index (χ4v) is 5.47. The number of hydrogen-bond donors (Lipinski definition) is 0. The SMILES string of the molecule is COc1cc(/C=C2\CCCN3C2=NOC2COC[C@]23c2cc(F)c(F)c(F)c2)ccc1-n1cnc(C)c1. The number of oxime groups is 1. The largest absolute Gasteiger partial charge is 0.495 e. The number of fused-ring (bicyclic) bond motifs is 3. The number of ether oxygens (including phenoxy) is 2. The van der Waals surface area contributed by atoms with E-state index in [4.69, 9.17) is 14.3 Å². The second-order valence-electron chi connectivity index (χ2n) is 9.48. The van der Waals surface area contributed by atoms with E-state index in [1.165, 1.54) is 0 Å². The molecule has 10 heteroatoms. The van der Waals surface area contributed by atoms with Crippen molar-refractivity contribution in [3.8, 4) is 11.4 Å². The number of methoxy groups -OCH3 is 1. The Morgan fingerprint density at radius 3 is 2.70 bits per heavy atom. The minimum absolute atomic E-state index is 0.140. The van der Waals surface area contributed by atoms with Crippen LogP contribution in [-0.2, 0) is 15.1 Å². The molecule has 3 aliphatic rings. The normalized spacial score (nSPS) is 23.9. The van der Waals surface area contributed by atoms with Crippen LogP contribution in [0.4, 0.5) is 13.2 Å². The quantitative estimate of drug-likeness (QED) is 0.476. The lowest BCUT2D eigenvalue weighted by atomic mass is 9.81. The van der Waals surface area contributed by atoms with Gasteiger partial charge in [0, 0.05) is 12.7 Å². The van der Waals surface area contributed by atoms with Crippen LogP contribution < -0.4 is 4.74 Å². The molecule has 0 aliphatic carbocycles. The van der Waals surface area contributed by atoms with Gasteiger partial charge in [-0.05, 0) is 66.8 Å². The molecule has 2 atom stereocenters. The van der Waals surface area contributed by atoms with Crippen molar-refractivity contribution in [2.45, 2.75) is 31.4 Å². The first kappa shape index (κ1) is 23.6. The Bertz CT molecular complexity index is 1410. The summed E-state index contributed by atoms with van der Waals surface area (Å²) in [5.41, 5.74) is 2.81. The maximum atomic E-state index is 14.3. The van der Waals surface area contributed by atoms with Gasteiger partial charge in [0.2, 0.25) is 0 Å². The molecule has 6 rings (SSSR count). The van der Waals surface area contributed by atoms with E-state index in [-0.39, 0.29) is 18.8 Å². The van der Waals surface area contributed by atoms with Crippen LogP contribution in [0.5, 0.6) is 5.75 Å². The van der Waals surface area contributed by atoms with E-state index in [0.29, 0.717) is 18.1 Å². The Balaban J connectivity index is 1.39. The van der Waals surface area contributed by atoms with E-state index in [9.17, 15) is 13.2 Å². The average molecular weight is 511 g/mol. The van der Waals surface area contributed by atoms with E-state index in [1.807, 2.05) is 46.9 Å². The molecular weight excluding hydrogens is 485 g/mol. The Hall–Kier alpha value is -3.79. The Labute approximate surface area is 211 Å². The molecule has 1 unspecified atom stereocenters. The first-order valence-corrected chi connectivity index (χ1v) is 12.0. The first-order valence-electron chi connectivity index (χ1n) is 12.0. The summed E-state index contributed by atoms with van der Waals surface area (Å²) in [7, 11) is 1.62. The average Bonchev–Trinajstić information content (AvgIpc) is 3.54. The van der Waals surface area contributed by atoms with Crippen molar-refractivity contribution in [2.75, 3.05) is 26.9 Å². The van der Waals surface area contributed by atoms with Gasteiger partial charge >= 0.3 is 0 Å². The van der Waals surface area contributed by atoms with E-state index < -0.39 is 29.1 Å². The first-order chi connectivity index (χ1) is 17.9. The van der Waals surface area contributed by atoms with Crippen molar-refractivity contribution in [3.05, 3.63) is 82.7 Å². The molecule has 4 heterocycles. The van der Waals surface area contributed by atoms with Crippen molar-refractivity contribution >= 4 is 11.9 Å². The highest BCUT2D eigenvalue weighted by atomic mass is 19.2. The molecule has 3 aliphatic heterocycles. The zero-order chi connectivity index (χ0) is 25.7. The molecular formula is C27H25F3N4O3. The molecule has 0 saturated carbocycles. The van der Waals surface area contributed by atoms with E-state index in [2.05, 4.69) is 10.1 Å². The van der Waals surface area contributed by atoms with Gasteiger partial charge in [-0.3, -0.25) is 0 Å². The molecule has 0 amide bonds. The summed E-state index contributed by atoms with van der Waals surface area (Å²) in [6, 6.07) is 7.93. The third kappa shape index (κ3) is 3.78. The van der Waals surface area contributed by atoms with E-state index in [1.54, 1.807) is 13.4 Å². The van der Waals surface area contributed by atoms with Crippen molar-refractivity contribution in [3.63, 3.8) is 0 Å². The topological polar surface area (TPSA) is 61.1 Å². The lowest BCUT2D eigenvalue weighted by Crippen LogP contribution is -2.61. The third-order valence-corrected chi connectivity index (χ3v) is 7.26. The number of piperidine rings is 1. The number of imidazole rings is 1. The standard InChI is InChI=1S/C27H25F3N4O3/c1-16-12-33(15-31-16)22-6-5-17(9-23(22)35-2)8-18-4-3-7-34-26(18)32-37-24-13-36-14-27(24,34)19-10-20(28)25(30)21(29)11-19/h5-6,8-12,15,24H,3-4,7,13-14H2,1-2H3/b18-8+/t24?,27-/m0/s1. The molecule has 7 nitrogen and oxygen atoms in total. The van der Waals surface area contributed by atoms with Gasteiger partial charge < -0.3 is 23.8 Å². The molecule has 37 heavy (non-hydrogen) atoms. The number of aryl methyl sites for hydroxylation is 1. The predicted octanol–water partition coefficient (Wildman–Crippen LogP) is 4.72. The monoisotopic (exact) mass is 510 g/mol. The Morgan fingerprint density at radius 2 is 1.97 bits per heavy atom. The molecule has 2 aromatic carbocycles. The van der Waals surface area contributed by atoms with Crippen LogP contribution >= 0.6 is 0 Å². The predicted molar refractivity (Wildman–Crippen MR) is 130 cm³/mol. The van der Waals surface area contributed by atoms with Crippen LogP contribution in [0.25, 0.3) is 11.8 Å². The molecule has 0 spiro atoms. The highest BCUT2D eigenvalue weighted by molar-refractivity contribution is 6.03. The lowest BCUT2D eigenvalue weighted by Gasteiger charge is -2.49. The molecule has 0 bridgehead atoms. The highest BCUT2D eigenvalue weighted by Gasteiger charge is 2.56. The summed E-state index contributed by atoms with van der Waals surface area (Å²) in [6.45, 7) is 2.86. The minimum atomic E-state index is -1.50. The maximum Gasteiger partial charge on any atom is 0.194 e. The number of rotatable bonds is 4. The molecule has 0 N–H and O–H groups in total. The summed E-state index contributed by atoms with van der Waals surface area (Å²) in [5.74, 6) is -2.73. The van der Waals surface area contributed by atoms with Gasteiger partial charge in [0.25, 0.3) is 0 Å². The minimum Gasteiger partial charge on any atom is -0.495 e. The highest BCUT2D eigenvalue weighted by Crippen LogP contribution is 2.45. The summed E-state index contributed by atoms with van der Waals surface area (Å²) in [5, 5.41) is 4.40. The molecule has 1 aromatic heterocycles. The third-order valence-electron chi connectivity index (χ3n) is 7.26. The van der Waals surface area contributed by atoms with Gasteiger partial charge in [-0.1, -0.05) is 11.2 Å². The van der Waals surface area contributed by atoms with Gasteiger partial charge in [0.15, 0.2) is 29.4 Å². The molecule has 192 valence electrons. The molecule has 3 aromatic rings. The summed E-state index contributed by atoms with van der Waals surface area (Å²) >= 11 is 0. The van der Waals surface area contributed by atoms with Gasteiger partial charge in [0.1, 0.15) is 11.3 Å². The summed E-state index contributed by atoms with van der Waals surface area (Å²) < 4.78 is 55.6. The Morgan fingerprint density at radius 1 is 1.16 bits per heavy atom. The van der Waals surface area contributed by atoms with Gasteiger partial charge in [-0.2, -0.15) is 0 Å². The number of halogens is 3. The van der Waals surface area contributed by atoms with Crippen LogP contribution in [0.1, 0.15) is 29.7 Å².